The summed E-state index contributed by atoms with van der Waals surface area (Å²) in [5.41, 5.74) is 0.924. The zero-order chi connectivity index (χ0) is 22.6. The number of aryl methyl sites for hydroxylation is 1. The molecule has 2 aromatic carbocycles. The second-order valence-corrected chi connectivity index (χ2v) is 9.51. The molecule has 1 saturated heterocycles. The summed E-state index contributed by atoms with van der Waals surface area (Å²) in [4.78, 5) is 18.7. The van der Waals surface area contributed by atoms with E-state index in [0.717, 1.165) is 17.7 Å². The van der Waals surface area contributed by atoms with Gasteiger partial charge in [-0.1, -0.05) is 30.3 Å². The molecule has 9 heteroatoms. The summed E-state index contributed by atoms with van der Waals surface area (Å²) in [6.07, 6.45) is 2.79. The molecule has 0 saturated carbocycles. The second kappa shape index (κ2) is 9.62. The molecule has 0 unspecified atom stereocenters. The maximum absolute atomic E-state index is 13.1. The Bertz CT molecular complexity index is 1160. The standard InChI is InChI=1S/C23H24FN3O4S/c24-19-7-9-20(10-8-19)32(29,30)27-14-4-13-26(15-16-27)23(28)12-11-22-25-17-21(31-22)18-5-2-1-3-6-18/h1-3,5-10,17H,4,11-16H2. The van der Waals surface area contributed by atoms with E-state index in [4.69, 9.17) is 4.42 Å². The van der Waals surface area contributed by atoms with E-state index in [9.17, 15) is 17.6 Å². The maximum atomic E-state index is 13.1. The molecule has 1 amide bonds. The molecule has 0 bridgehead atoms. The SMILES string of the molecule is O=C(CCc1ncc(-c2ccccc2)o1)N1CCCN(S(=O)(=O)c2ccc(F)cc2)CC1. The van der Waals surface area contributed by atoms with Gasteiger partial charge in [-0.15, -0.1) is 0 Å². The van der Waals surface area contributed by atoms with Gasteiger partial charge in [0.05, 0.1) is 11.1 Å². The third-order valence-corrected chi connectivity index (χ3v) is 7.34. The number of benzene rings is 2. The van der Waals surface area contributed by atoms with Crippen LogP contribution in [-0.4, -0.2) is 54.7 Å². The monoisotopic (exact) mass is 457 g/mol. The highest BCUT2D eigenvalue weighted by Gasteiger charge is 2.28. The Kier molecular flexibility index (Phi) is 6.66. The number of sulfonamides is 1. The second-order valence-electron chi connectivity index (χ2n) is 7.58. The minimum Gasteiger partial charge on any atom is -0.441 e. The van der Waals surface area contributed by atoms with Crippen molar-refractivity contribution in [2.45, 2.75) is 24.2 Å². The molecule has 1 aliphatic heterocycles. The lowest BCUT2D eigenvalue weighted by Crippen LogP contribution is -2.37. The molecular formula is C23H24FN3O4S. The van der Waals surface area contributed by atoms with Crippen LogP contribution in [0, 0.1) is 5.82 Å². The van der Waals surface area contributed by atoms with Gasteiger partial charge < -0.3 is 9.32 Å². The summed E-state index contributed by atoms with van der Waals surface area (Å²) in [6.45, 7) is 1.29. The number of carbonyl (C=O) groups is 1. The lowest BCUT2D eigenvalue weighted by Gasteiger charge is -2.22. The van der Waals surface area contributed by atoms with Gasteiger partial charge in [0.1, 0.15) is 5.82 Å². The van der Waals surface area contributed by atoms with Crippen LogP contribution in [-0.2, 0) is 21.2 Å². The summed E-state index contributed by atoms with van der Waals surface area (Å²) in [5.74, 6) is 0.598. The van der Waals surface area contributed by atoms with Crippen molar-refractivity contribution in [1.82, 2.24) is 14.2 Å². The molecule has 0 aliphatic carbocycles. The number of hydrogen-bond acceptors (Lipinski definition) is 5. The minimum atomic E-state index is -3.73. The Morgan fingerprint density at radius 3 is 2.50 bits per heavy atom. The van der Waals surface area contributed by atoms with Crippen LogP contribution < -0.4 is 0 Å². The van der Waals surface area contributed by atoms with E-state index in [-0.39, 0.29) is 23.8 Å². The molecule has 7 nitrogen and oxygen atoms in total. The molecule has 1 fully saturated rings. The van der Waals surface area contributed by atoms with Crippen molar-refractivity contribution in [3.8, 4) is 11.3 Å². The Labute approximate surface area is 186 Å². The van der Waals surface area contributed by atoms with Crippen molar-refractivity contribution in [2.75, 3.05) is 26.2 Å². The van der Waals surface area contributed by atoms with Gasteiger partial charge in [0.15, 0.2) is 11.7 Å². The third-order valence-electron chi connectivity index (χ3n) is 5.42. The first-order valence-corrected chi connectivity index (χ1v) is 11.9. The predicted octanol–water partition coefficient (Wildman–Crippen LogP) is 3.34. The smallest absolute Gasteiger partial charge is 0.243 e. The molecule has 32 heavy (non-hydrogen) atoms. The van der Waals surface area contributed by atoms with Crippen molar-refractivity contribution in [2.24, 2.45) is 0 Å². The van der Waals surface area contributed by atoms with Gasteiger partial charge in [0.2, 0.25) is 15.9 Å². The first kappa shape index (κ1) is 22.2. The van der Waals surface area contributed by atoms with Crippen LogP contribution in [0.4, 0.5) is 4.39 Å². The zero-order valence-corrected chi connectivity index (χ0v) is 18.3. The average Bonchev–Trinajstić information content (AvgIpc) is 3.13. The van der Waals surface area contributed by atoms with Gasteiger partial charge in [-0.25, -0.2) is 17.8 Å². The molecule has 0 atom stereocenters. The van der Waals surface area contributed by atoms with Crippen molar-refractivity contribution in [3.63, 3.8) is 0 Å². The van der Waals surface area contributed by atoms with Gasteiger partial charge in [0.25, 0.3) is 0 Å². The number of rotatable bonds is 6. The van der Waals surface area contributed by atoms with E-state index in [1.807, 2.05) is 30.3 Å². The first-order valence-electron chi connectivity index (χ1n) is 10.5. The summed E-state index contributed by atoms with van der Waals surface area (Å²) >= 11 is 0. The highest BCUT2D eigenvalue weighted by atomic mass is 32.2. The largest absolute Gasteiger partial charge is 0.441 e. The molecule has 1 aliphatic rings. The van der Waals surface area contributed by atoms with Crippen LogP contribution >= 0.6 is 0 Å². The van der Waals surface area contributed by atoms with Crippen LogP contribution in [0.1, 0.15) is 18.7 Å². The van der Waals surface area contributed by atoms with Crippen molar-refractivity contribution in [3.05, 3.63) is 72.5 Å². The number of carbonyl (C=O) groups excluding carboxylic acids is 1. The molecule has 168 valence electrons. The Morgan fingerprint density at radius 1 is 1.00 bits per heavy atom. The van der Waals surface area contributed by atoms with E-state index >= 15 is 0 Å². The van der Waals surface area contributed by atoms with Gasteiger partial charge in [0, 0.05) is 44.6 Å². The van der Waals surface area contributed by atoms with E-state index in [1.54, 1.807) is 11.1 Å². The quantitative estimate of drug-likeness (QED) is 0.567. The highest BCUT2D eigenvalue weighted by Crippen LogP contribution is 2.21. The lowest BCUT2D eigenvalue weighted by atomic mass is 10.2. The van der Waals surface area contributed by atoms with Crippen LogP contribution in [0.3, 0.4) is 0 Å². The first-order chi connectivity index (χ1) is 15.4. The Morgan fingerprint density at radius 2 is 1.75 bits per heavy atom. The van der Waals surface area contributed by atoms with Gasteiger partial charge in [-0.2, -0.15) is 4.31 Å². The molecule has 0 N–H and O–H groups in total. The predicted molar refractivity (Wildman–Crippen MR) is 117 cm³/mol. The molecule has 2 heterocycles. The maximum Gasteiger partial charge on any atom is 0.243 e. The topological polar surface area (TPSA) is 83.7 Å². The van der Waals surface area contributed by atoms with Crippen LogP contribution in [0.25, 0.3) is 11.3 Å². The normalized spacial score (nSPS) is 15.5. The highest BCUT2D eigenvalue weighted by molar-refractivity contribution is 7.89. The van der Waals surface area contributed by atoms with Gasteiger partial charge in [-0.3, -0.25) is 4.79 Å². The fourth-order valence-corrected chi connectivity index (χ4v) is 5.14. The van der Waals surface area contributed by atoms with Crippen LogP contribution in [0.2, 0.25) is 0 Å². The fraction of sp³-hybridized carbons (Fsp3) is 0.304. The van der Waals surface area contributed by atoms with E-state index in [1.165, 1.54) is 16.4 Å². The third kappa shape index (κ3) is 5.05. The number of aromatic nitrogens is 1. The number of nitrogens with zero attached hydrogens (tertiary/aromatic N) is 3. The number of oxazole rings is 1. The summed E-state index contributed by atoms with van der Waals surface area (Å²) in [7, 11) is -3.73. The summed E-state index contributed by atoms with van der Waals surface area (Å²) in [5, 5.41) is 0. The van der Waals surface area contributed by atoms with Gasteiger partial charge in [-0.05, 0) is 30.7 Å². The molecule has 1 aromatic heterocycles. The van der Waals surface area contributed by atoms with E-state index in [0.29, 0.717) is 44.1 Å². The van der Waals surface area contributed by atoms with Crippen molar-refractivity contribution in [1.29, 1.82) is 0 Å². The molecule has 0 spiro atoms. The van der Waals surface area contributed by atoms with E-state index in [2.05, 4.69) is 4.98 Å². The summed E-state index contributed by atoms with van der Waals surface area (Å²) in [6, 6.07) is 14.4. The van der Waals surface area contributed by atoms with Crippen molar-refractivity contribution < 1.29 is 22.0 Å². The average molecular weight is 458 g/mol. The molecule has 4 rings (SSSR count). The molecular weight excluding hydrogens is 433 g/mol. The lowest BCUT2D eigenvalue weighted by molar-refractivity contribution is -0.131. The Hall–Kier alpha value is -3.04. The van der Waals surface area contributed by atoms with Crippen molar-refractivity contribution >= 4 is 15.9 Å². The van der Waals surface area contributed by atoms with Gasteiger partial charge >= 0.3 is 0 Å². The fourth-order valence-electron chi connectivity index (χ4n) is 3.67. The zero-order valence-electron chi connectivity index (χ0n) is 17.5. The van der Waals surface area contributed by atoms with Crippen LogP contribution in [0.5, 0.6) is 0 Å². The number of halogens is 1. The number of amides is 1. The molecule has 0 radical (unpaired) electrons. The van der Waals surface area contributed by atoms with E-state index < -0.39 is 15.8 Å². The molecule has 3 aromatic rings. The Balaban J connectivity index is 1.33. The number of hydrogen-bond donors (Lipinski definition) is 0. The van der Waals surface area contributed by atoms with Crippen LogP contribution in [0.15, 0.2) is 70.1 Å². The summed E-state index contributed by atoms with van der Waals surface area (Å²) < 4.78 is 45.9. The minimum absolute atomic E-state index is 0.0526.